The number of nitrogens with one attached hydrogen (secondary N) is 1. The number of fused-ring (bicyclic) bond motifs is 2. The van der Waals surface area contributed by atoms with E-state index in [-0.39, 0.29) is 17.2 Å². The molecule has 0 bridgehead atoms. The van der Waals surface area contributed by atoms with Crippen molar-refractivity contribution in [3.8, 4) is 5.75 Å². The average molecular weight is 739 g/mol. The number of hydrogen-bond acceptors (Lipinski definition) is 17. The molecule has 0 saturated carbocycles. The average Bonchev–Trinajstić information content (AvgIpc) is 3.62. The lowest BCUT2D eigenvalue weighted by molar-refractivity contribution is -0.338. The second-order valence-electron chi connectivity index (χ2n) is 10.9. The van der Waals surface area contributed by atoms with Crippen molar-refractivity contribution in [3.63, 3.8) is 0 Å². The summed E-state index contributed by atoms with van der Waals surface area (Å²) in [6.45, 7) is 1.26. The first kappa shape index (κ1) is 34.4. The maximum absolute atomic E-state index is 13.6. The number of aromatic nitrogens is 4. The maximum Gasteiger partial charge on any atom is 0.352 e. The summed E-state index contributed by atoms with van der Waals surface area (Å²) in [6, 6.07) is 3.72. The molecule has 2 saturated heterocycles. The minimum Gasteiger partial charge on any atom is -0.508 e. The summed E-state index contributed by atoms with van der Waals surface area (Å²) in [7, 11) is 3.86. The van der Waals surface area contributed by atoms with Gasteiger partial charge in [-0.15, -0.1) is 16.9 Å². The van der Waals surface area contributed by atoms with E-state index in [9.17, 15) is 34.5 Å². The van der Waals surface area contributed by atoms with Crippen molar-refractivity contribution in [2.24, 2.45) is 5.73 Å². The summed E-state index contributed by atoms with van der Waals surface area (Å²) in [5.74, 6) is -3.25. The van der Waals surface area contributed by atoms with Crippen molar-refractivity contribution in [2.45, 2.75) is 45.0 Å². The summed E-state index contributed by atoms with van der Waals surface area (Å²) in [5.41, 5.74) is 4.83. The van der Waals surface area contributed by atoms with Gasteiger partial charge in [-0.25, -0.2) is 14.3 Å². The maximum atomic E-state index is 13.6. The second kappa shape index (κ2) is 14.2. The number of carbonyl (C=O) groups excluding carboxylic acids is 2. The minimum atomic E-state index is -1.49. The Morgan fingerprint density at radius 3 is 2.67 bits per heavy atom. The molecule has 0 spiro atoms. The molecule has 2 aromatic rings. The van der Waals surface area contributed by atoms with E-state index in [1.807, 2.05) is 19.0 Å². The molecule has 5 atom stereocenters. The van der Waals surface area contributed by atoms with Crippen LogP contribution in [0.4, 0.5) is 0 Å². The number of aromatic hydroxyl groups is 1. The molecule has 2 amide bonds. The first-order valence-corrected chi connectivity index (χ1v) is 18.1. The van der Waals surface area contributed by atoms with Crippen LogP contribution in [0.5, 0.6) is 5.75 Å². The molecule has 1 aromatic heterocycles. The fourth-order valence-electron chi connectivity index (χ4n) is 5.12. The third kappa shape index (κ3) is 6.70. The van der Waals surface area contributed by atoms with Gasteiger partial charge in [-0.3, -0.25) is 24.3 Å². The van der Waals surface area contributed by atoms with Crippen molar-refractivity contribution in [1.29, 1.82) is 0 Å². The summed E-state index contributed by atoms with van der Waals surface area (Å²) in [5, 5.41) is 48.0. The highest BCUT2D eigenvalue weighted by Gasteiger charge is 2.58. The smallest absolute Gasteiger partial charge is 0.352 e. The predicted octanol–water partition coefficient (Wildman–Crippen LogP) is -0.363. The molecule has 6 N–H and O–H groups in total. The minimum absolute atomic E-state index is 0.0111. The summed E-state index contributed by atoms with van der Waals surface area (Å²) in [4.78, 5) is 60.9. The summed E-state index contributed by atoms with van der Waals surface area (Å²) in [6.07, 6.45) is 0. The van der Waals surface area contributed by atoms with E-state index in [2.05, 4.69) is 20.8 Å². The Morgan fingerprint density at radius 1 is 1.23 bits per heavy atom. The van der Waals surface area contributed by atoms with Gasteiger partial charge in [0.2, 0.25) is 16.5 Å². The SMILES string of the molecule is CN(C)CCn1nnnc1SCC1=C(C(=O)O)N2C(=O)[C@@H](NC(=O)C3C4=CS[C@@H](N)N4N3O[C@H](Sc3ccc(O)cc3)C(=O)O)[C@@H]2SC1. The number of nitrogens with two attached hydrogens (primary N) is 1. The van der Waals surface area contributed by atoms with Crippen LogP contribution in [0.3, 0.4) is 0 Å². The molecular formula is C26H30N10O8S4. The number of hydrogen-bond donors (Lipinski definition) is 5. The molecule has 4 aliphatic heterocycles. The molecule has 48 heavy (non-hydrogen) atoms. The zero-order valence-electron chi connectivity index (χ0n) is 25.3. The van der Waals surface area contributed by atoms with Crippen molar-refractivity contribution < 1.29 is 39.3 Å². The van der Waals surface area contributed by atoms with Crippen LogP contribution in [0, 0.1) is 0 Å². The number of phenols is 1. The van der Waals surface area contributed by atoms with E-state index in [1.54, 1.807) is 10.1 Å². The Labute approximate surface area is 289 Å². The second-order valence-corrected chi connectivity index (χ2v) is 15.1. The molecule has 4 aliphatic rings. The predicted molar refractivity (Wildman–Crippen MR) is 174 cm³/mol. The van der Waals surface area contributed by atoms with Crippen LogP contribution >= 0.6 is 47.0 Å². The number of nitrogens with zero attached hydrogens (tertiary/aromatic N) is 8. The number of rotatable bonds is 14. The number of aliphatic carboxylic acids is 2. The molecule has 0 radical (unpaired) electrons. The van der Waals surface area contributed by atoms with Crippen molar-refractivity contribution in [2.75, 3.05) is 32.1 Å². The van der Waals surface area contributed by atoms with Gasteiger partial charge in [-0.1, -0.05) is 40.5 Å². The number of benzene rings is 1. The van der Waals surface area contributed by atoms with Crippen LogP contribution in [0.1, 0.15) is 0 Å². The Morgan fingerprint density at radius 2 is 1.98 bits per heavy atom. The first-order chi connectivity index (χ1) is 22.9. The lowest BCUT2D eigenvalue weighted by atomic mass is 10.0. The van der Waals surface area contributed by atoms with Crippen LogP contribution in [0.2, 0.25) is 0 Å². The number of amides is 2. The van der Waals surface area contributed by atoms with E-state index in [1.165, 1.54) is 69.5 Å². The van der Waals surface area contributed by atoms with Crippen molar-refractivity contribution in [1.82, 2.24) is 45.5 Å². The molecule has 5 heterocycles. The van der Waals surface area contributed by atoms with Gasteiger partial charge in [0.15, 0.2) is 6.04 Å². The quantitative estimate of drug-likeness (QED) is 0.0946. The molecule has 256 valence electrons. The summed E-state index contributed by atoms with van der Waals surface area (Å²) >= 11 is 4.65. The third-order valence-electron chi connectivity index (χ3n) is 7.46. The van der Waals surface area contributed by atoms with Gasteiger partial charge in [-0.05, 0) is 59.8 Å². The van der Waals surface area contributed by atoms with Crippen LogP contribution in [0.25, 0.3) is 0 Å². The van der Waals surface area contributed by atoms with E-state index < -0.39 is 52.1 Å². The highest BCUT2D eigenvalue weighted by molar-refractivity contribution is 8.03. The van der Waals surface area contributed by atoms with E-state index in [4.69, 9.17) is 10.6 Å². The van der Waals surface area contributed by atoms with Gasteiger partial charge in [0.1, 0.15) is 28.4 Å². The fourth-order valence-corrected chi connectivity index (χ4v) is 9.12. The largest absolute Gasteiger partial charge is 0.508 e. The lowest BCUT2D eigenvalue weighted by Gasteiger charge is -2.53. The number of carboxylic acid groups (broad SMARTS) is 2. The standard InChI is InChI=1S/C26H30N10O8S4/c1-32(2)7-8-33-26(29-30-31-33)47-10-12-9-45-21-16(20(39)34(21)17(12)22(40)41)28-19(38)18-15-11-46-25(27)35(15)36(18)44-24(23(42)43)48-14-5-3-13(37)4-6-14/h3-6,11,16,18,21,24-25,37H,7-10,27H2,1-2H3,(H,28,38)(H,40,41)(H,42,43)/t16-,18?,21+,24-,25+/m1/s1. The third-order valence-corrected chi connectivity index (χ3v) is 11.7. The van der Waals surface area contributed by atoms with E-state index >= 15 is 0 Å². The number of tetrazole rings is 1. The normalized spacial score (nSPS) is 24.1. The molecule has 6 rings (SSSR count). The van der Waals surface area contributed by atoms with Gasteiger partial charge in [0.05, 0.1) is 12.2 Å². The van der Waals surface area contributed by atoms with Crippen molar-refractivity contribution in [3.05, 3.63) is 46.6 Å². The highest BCUT2D eigenvalue weighted by atomic mass is 32.2. The number of likely N-dealkylation sites (N-methyl/N-ethyl adjacent to an activating group) is 1. The molecule has 0 aliphatic carbocycles. The number of carbonyl (C=O) groups is 4. The zero-order chi connectivity index (χ0) is 34.3. The first-order valence-electron chi connectivity index (χ1n) is 14.2. The van der Waals surface area contributed by atoms with Crippen LogP contribution in [0.15, 0.2) is 56.7 Å². The topological polar surface area (TPSA) is 233 Å². The number of phenolic OH excluding ortho intramolecular Hbond substituents is 1. The Kier molecular flexibility index (Phi) is 10.1. The van der Waals surface area contributed by atoms with Crippen molar-refractivity contribution >= 4 is 70.8 Å². The van der Waals surface area contributed by atoms with Gasteiger partial charge in [0.25, 0.3) is 5.91 Å². The zero-order valence-corrected chi connectivity index (χ0v) is 28.5. The summed E-state index contributed by atoms with van der Waals surface area (Å²) < 4.78 is 1.63. The van der Waals surface area contributed by atoms with Crippen LogP contribution in [-0.2, 0) is 30.6 Å². The van der Waals surface area contributed by atoms with Gasteiger partial charge < -0.3 is 31.3 Å². The Bertz CT molecular complexity index is 1670. The van der Waals surface area contributed by atoms with E-state index in [0.29, 0.717) is 40.2 Å². The van der Waals surface area contributed by atoms with Gasteiger partial charge >= 0.3 is 11.9 Å². The monoisotopic (exact) mass is 738 g/mol. The highest BCUT2D eigenvalue weighted by Crippen LogP contribution is 2.45. The molecule has 1 aromatic carbocycles. The van der Waals surface area contributed by atoms with E-state index in [0.717, 1.165) is 16.9 Å². The number of β-lactam (4-membered cyclic amide) rings is 1. The van der Waals surface area contributed by atoms with Crippen LogP contribution in [-0.4, -0.2) is 140 Å². The van der Waals surface area contributed by atoms with Gasteiger partial charge in [-0.2, -0.15) is 0 Å². The molecule has 22 heteroatoms. The Balaban J connectivity index is 1.13. The fraction of sp³-hybridized carbons (Fsp3) is 0.423. The molecule has 2 fully saturated rings. The van der Waals surface area contributed by atoms with Crippen LogP contribution < -0.4 is 11.1 Å². The van der Waals surface area contributed by atoms with Gasteiger partial charge in [0, 0.05) is 22.9 Å². The number of carboxylic acids is 2. The molecule has 1 unspecified atom stereocenters. The number of hydrazine groups is 1. The Hall–Kier alpha value is -3.51. The number of thioether (sulfide) groups is 4. The number of hydroxylamine groups is 1. The lowest BCUT2D eigenvalue weighted by Crippen LogP contribution is -2.74. The molecular weight excluding hydrogens is 709 g/mol. The molecule has 18 nitrogen and oxygen atoms in total.